The van der Waals surface area contributed by atoms with Crippen molar-refractivity contribution in [1.29, 1.82) is 0 Å². The van der Waals surface area contributed by atoms with Gasteiger partial charge in [-0.3, -0.25) is 9.59 Å². The van der Waals surface area contributed by atoms with Crippen molar-refractivity contribution in [3.05, 3.63) is 29.6 Å². The van der Waals surface area contributed by atoms with E-state index in [0.29, 0.717) is 17.7 Å². The smallest absolute Gasteiger partial charge is 0.303 e. The predicted octanol–water partition coefficient (Wildman–Crippen LogP) is 2.33. The van der Waals surface area contributed by atoms with Gasteiger partial charge in [0, 0.05) is 18.5 Å². The zero-order valence-corrected chi connectivity index (χ0v) is 9.50. The van der Waals surface area contributed by atoms with Crippen molar-refractivity contribution >= 4 is 17.6 Å². The van der Waals surface area contributed by atoms with Gasteiger partial charge in [0.1, 0.15) is 5.82 Å². The highest BCUT2D eigenvalue weighted by atomic mass is 19.1. The Balaban J connectivity index is 2.48. The number of amides is 1. The maximum absolute atomic E-state index is 12.8. The molecule has 92 valence electrons. The van der Waals surface area contributed by atoms with Crippen LogP contribution < -0.4 is 5.32 Å². The topological polar surface area (TPSA) is 66.4 Å². The average Bonchev–Trinajstić information content (AvgIpc) is 2.21. The second kappa shape index (κ2) is 5.98. The minimum atomic E-state index is -0.921. The summed E-state index contributed by atoms with van der Waals surface area (Å²) in [4.78, 5) is 21.7. The molecule has 0 atom stereocenters. The van der Waals surface area contributed by atoms with Crippen molar-refractivity contribution in [3.8, 4) is 0 Å². The van der Waals surface area contributed by atoms with E-state index in [2.05, 4.69) is 5.32 Å². The first-order valence-corrected chi connectivity index (χ1v) is 5.27. The number of nitrogens with one attached hydrogen (secondary N) is 1. The predicted molar refractivity (Wildman–Crippen MR) is 61.3 cm³/mol. The SMILES string of the molecule is Cc1cc(F)ccc1NC(=O)CCCC(=O)O. The van der Waals surface area contributed by atoms with Gasteiger partial charge in [-0.15, -0.1) is 0 Å². The zero-order valence-electron chi connectivity index (χ0n) is 9.50. The van der Waals surface area contributed by atoms with Crippen LogP contribution in [0.5, 0.6) is 0 Å². The number of aryl methyl sites for hydroxylation is 1. The Morgan fingerprint density at radius 3 is 2.65 bits per heavy atom. The lowest BCUT2D eigenvalue weighted by molar-refractivity contribution is -0.137. The third-order valence-electron chi connectivity index (χ3n) is 2.26. The number of anilines is 1. The van der Waals surface area contributed by atoms with Crippen LogP contribution in [0.25, 0.3) is 0 Å². The summed E-state index contributed by atoms with van der Waals surface area (Å²) in [6, 6.07) is 4.08. The fourth-order valence-electron chi connectivity index (χ4n) is 1.38. The lowest BCUT2D eigenvalue weighted by Crippen LogP contribution is -2.12. The Hall–Kier alpha value is -1.91. The molecule has 4 nitrogen and oxygen atoms in total. The number of carbonyl (C=O) groups excluding carboxylic acids is 1. The monoisotopic (exact) mass is 239 g/mol. The number of halogens is 1. The molecule has 0 fully saturated rings. The first-order valence-electron chi connectivity index (χ1n) is 5.27. The second-order valence-corrected chi connectivity index (χ2v) is 3.75. The molecule has 0 radical (unpaired) electrons. The van der Waals surface area contributed by atoms with Gasteiger partial charge in [0.15, 0.2) is 0 Å². The summed E-state index contributed by atoms with van der Waals surface area (Å²) in [6.07, 6.45) is 0.403. The molecule has 0 heterocycles. The molecule has 2 N–H and O–H groups in total. The molecule has 0 unspecified atom stereocenters. The highest BCUT2D eigenvalue weighted by Gasteiger charge is 2.06. The number of carbonyl (C=O) groups is 2. The number of hydrogen-bond donors (Lipinski definition) is 2. The van der Waals surface area contributed by atoms with Gasteiger partial charge < -0.3 is 10.4 Å². The summed E-state index contributed by atoms with van der Waals surface area (Å²) in [6.45, 7) is 1.69. The maximum atomic E-state index is 12.8. The van der Waals surface area contributed by atoms with Gasteiger partial charge in [0.05, 0.1) is 0 Å². The lowest BCUT2D eigenvalue weighted by Gasteiger charge is -2.07. The molecule has 1 amide bonds. The minimum Gasteiger partial charge on any atom is -0.481 e. The zero-order chi connectivity index (χ0) is 12.8. The molecule has 0 saturated heterocycles. The molecule has 0 aliphatic rings. The summed E-state index contributed by atoms with van der Waals surface area (Å²) >= 11 is 0. The normalized spacial score (nSPS) is 10.0. The highest BCUT2D eigenvalue weighted by Crippen LogP contribution is 2.16. The van der Waals surface area contributed by atoms with Gasteiger partial charge in [0.2, 0.25) is 5.91 Å². The van der Waals surface area contributed by atoms with E-state index in [9.17, 15) is 14.0 Å². The van der Waals surface area contributed by atoms with Gasteiger partial charge >= 0.3 is 5.97 Å². The van der Waals surface area contributed by atoms with Crippen LogP contribution in [0.2, 0.25) is 0 Å². The molecule has 1 aromatic rings. The van der Waals surface area contributed by atoms with Crippen LogP contribution in [-0.2, 0) is 9.59 Å². The molecular formula is C12H14FNO3. The van der Waals surface area contributed by atoms with E-state index in [1.165, 1.54) is 18.2 Å². The van der Waals surface area contributed by atoms with Gasteiger partial charge in [-0.05, 0) is 37.1 Å². The van der Waals surface area contributed by atoms with Gasteiger partial charge in [-0.2, -0.15) is 0 Å². The van der Waals surface area contributed by atoms with Crippen LogP contribution in [-0.4, -0.2) is 17.0 Å². The summed E-state index contributed by atoms with van der Waals surface area (Å²) in [5, 5.41) is 11.0. The third-order valence-corrected chi connectivity index (χ3v) is 2.26. The Bertz CT molecular complexity index is 432. The highest BCUT2D eigenvalue weighted by molar-refractivity contribution is 5.91. The first-order chi connectivity index (χ1) is 7.99. The van der Waals surface area contributed by atoms with E-state index in [-0.39, 0.29) is 24.6 Å². The number of carboxylic acids is 1. The Kier molecular flexibility index (Phi) is 4.63. The van der Waals surface area contributed by atoms with E-state index in [1.807, 2.05) is 0 Å². The number of aliphatic carboxylic acids is 1. The van der Waals surface area contributed by atoms with E-state index in [4.69, 9.17) is 5.11 Å². The molecule has 1 aromatic carbocycles. The molecule has 0 bridgehead atoms. The van der Waals surface area contributed by atoms with Gasteiger partial charge in [-0.1, -0.05) is 0 Å². The minimum absolute atomic E-state index is 0.0319. The lowest BCUT2D eigenvalue weighted by atomic mass is 10.2. The van der Waals surface area contributed by atoms with Crippen molar-refractivity contribution in [1.82, 2.24) is 0 Å². The van der Waals surface area contributed by atoms with Gasteiger partial charge in [0.25, 0.3) is 0 Å². The fraction of sp³-hybridized carbons (Fsp3) is 0.333. The van der Waals surface area contributed by atoms with Crippen LogP contribution in [0.1, 0.15) is 24.8 Å². The average molecular weight is 239 g/mol. The van der Waals surface area contributed by atoms with Crippen LogP contribution in [0, 0.1) is 12.7 Å². The quantitative estimate of drug-likeness (QED) is 0.828. The van der Waals surface area contributed by atoms with E-state index in [0.717, 1.165) is 0 Å². The molecule has 5 heteroatoms. The number of rotatable bonds is 5. The Morgan fingerprint density at radius 2 is 2.06 bits per heavy atom. The molecule has 0 aliphatic heterocycles. The first kappa shape index (κ1) is 13.2. The van der Waals surface area contributed by atoms with E-state index in [1.54, 1.807) is 6.92 Å². The van der Waals surface area contributed by atoms with Crippen LogP contribution in [0.4, 0.5) is 10.1 Å². The largest absolute Gasteiger partial charge is 0.481 e. The fourth-order valence-corrected chi connectivity index (χ4v) is 1.38. The number of carboxylic acid groups (broad SMARTS) is 1. The number of benzene rings is 1. The van der Waals surface area contributed by atoms with Crippen molar-refractivity contribution in [2.45, 2.75) is 26.2 Å². The van der Waals surface area contributed by atoms with Crippen LogP contribution in [0.3, 0.4) is 0 Å². The summed E-state index contributed by atoms with van der Waals surface area (Å²) < 4.78 is 12.8. The molecule has 0 saturated carbocycles. The van der Waals surface area contributed by atoms with Crippen molar-refractivity contribution in [2.24, 2.45) is 0 Å². The summed E-state index contributed by atoms with van der Waals surface area (Å²) in [5.74, 6) is -1.54. The Morgan fingerprint density at radius 1 is 1.35 bits per heavy atom. The second-order valence-electron chi connectivity index (χ2n) is 3.75. The third kappa shape index (κ3) is 4.63. The maximum Gasteiger partial charge on any atom is 0.303 e. The summed E-state index contributed by atoms with van der Waals surface area (Å²) in [7, 11) is 0. The molecule has 0 aliphatic carbocycles. The number of hydrogen-bond acceptors (Lipinski definition) is 2. The van der Waals surface area contributed by atoms with Crippen molar-refractivity contribution in [3.63, 3.8) is 0 Å². The van der Waals surface area contributed by atoms with E-state index < -0.39 is 5.97 Å². The standard InChI is InChI=1S/C12H14FNO3/c1-8-7-9(13)5-6-10(8)14-11(15)3-2-4-12(16)17/h5-7H,2-4H2,1H3,(H,14,15)(H,16,17). The molecular weight excluding hydrogens is 225 g/mol. The van der Waals surface area contributed by atoms with Crippen LogP contribution >= 0.6 is 0 Å². The molecule has 0 spiro atoms. The van der Waals surface area contributed by atoms with Crippen LogP contribution in [0.15, 0.2) is 18.2 Å². The summed E-state index contributed by atoms with van der Waals surface area (Å²) in [5.41, 5.74) is 1.18. The van der Waals surface area contributed by atoms with Crippen molar-refractivity contribution < 1.29 is 19.1 Å². The van der Waals surface area contributed by atoms with Crippen molar-refractivity contribution in [2.75, 3.05) is 5.32 Å². The molecule has 1 rings (SSSR count). The molecule has 17 heavy (non-hydrogen) atoms. The van der Waals surface area contributed by atoms with E-state index >= 15 is 0 Å². The van der Waals surface area contributed by atoms with Gasteiger partial charge in [-0.25, -0.2) is 4.39 Å². The Labute approximate surface area is 98.5 Å². The molecule has 0 aromatic heterocycles.